The number of rotatable bonds is 6. The summed E-state index contributed by atoms with van der Waals surface area (Å²) < 4.78 is 11.7. The monoisotopic (exact) mass is 363 g/mol. The number of alkyl carbamates (subject to hydrolysis) is 1. The van der Waals surface area contributed by atoms with Crippen LogP contribution in [0.2, 0.25) is 0 Å². The van der Waals surface area contributed by atoms with Crippen LogP contribution in [0.1, 0.15) is 13.8 Å². The first-order valence-electron chi connectivity index (χ1n) is 5.93. The van der Waals surface area contributed by atoms with Gasteiger partial charge in [-0.1, -0.05) is 34.8 Å². The van der Waals surface area contributed by atoms with Crippen LogP contribution in [0.25, 0.3) is 0 Å². The molecule has 0 unspecified atom stereocenters. The zero-order chi connectivity index (χ0) is 16.6. The van der Waals surface area contributed by atoms with E-state index < -0.39 is 33.8 Å². The van der Waals surface area contributed by atoms with Gasteiger partial charge >= 0.3 is 18.0 Å². The molecule has 0 aliphatic carbocycles. The Morgan fingerprint density at radius 3 is 1.76 bits per heavy atom. The van der Waals surface area contributed by atoms with E-state index in [-0.39, 0.29) is 13.2 Å². The second-order valence-electron chi connectivity index (χ2n) is 3.64. The number of carbonyl (C=O) groups is 3. The molecule has 0 aliphatic rings. The van der Waals surface area contributed by atoms with Crippen LogP contribution < -0.4 is 5.32 Å². The summed E-state index contributed by atoms with van der Waals surface area (Å²) in [6.07, 6.45) is -0.982. The minimum Gasteiger partial charge on any atom is -0.465 e. The molecule has 0 aromatic carbocycles. The topological polar surface area (TPSA) is 90.9 Å². The predicted molar refractivity (Wildman–Crippen MR) is 76.4 cm³/mol. The molecule has 1 N–H and O–H groups in total. The molecule has 7 nitrogen and oxygen atoms in total. The molecule has 1 amide bonds. The lowest BCUT2D eigenvalue weighted by Crippen LogP contribution is -2.54. The van der Waals surface area contributed by atoms with E-state index in [1.165, 1.54) is 13.8 Å². The first-order valence-corrected chi connectivity index (χ1v) is 7.06. The van der Waals surface area contributed by atoms with Gasteiger partial charge < -0.3 is 19.5 Å². The molecule has 0 bridgehead atoms. The van der Waals surface area contributed by atoms with E-state index >= 15 is 0 Å². The van der Waals surface area contributed by atoms with Gasteiger partial charge in [-0.3, -0.25) is 9.59 Å². The molecule has 0 fully saturated rings. The summed E-state index contributed by atoms with van der Waals surface area (Å²) in [4.78, 5) is 35.2. The van der Waals surface area contributed by atoms with Gasteiger partial charge in [0.05, 0.1) is 20.3 Å². The Bertz CT molecular complexity index is 367. The van der Waals surface area contributed by atoms with Crippen molar-refractivity contribution in [2.75, 3.05) is 20.3 Å². The highest BCUT2D eigenvalue weighted by Gasteiger charge is 2.49. The van der Waals surface area contributed by atoms with Gasteiger partial charge in [0, 0.05) is 0 Å². The van der Waals surface area contributed by atoms with Gasteiger partial charge in [-0.2, -0.15) is 0 Å². The van der Waals surface area contributed by atoms with Gasteiger partial charge in [0.1, 0.15) is 6.04 Å². The number of amides is 1. The first-order chi connectivity index (χ1) is 9.68. The Kier molecular flexibility index (Phi) is 8.77. The lowest BCUT2D eigenvalue weighted by Gasteiger charge is -2.29. The van der Waals surface area contributed by atoms with Gasteiger partial charge in [-0.05, 0) is 13.8 Å². The van der Waals surface area contributed by atoms with E-state index in [4.69, 9.17) is 44.3 Å². The minimum absolute atomic E-state index is 0.000457. The number of methoxy groups -OCH3 is 1. The van der Waals surface area contributed by atoms with E-state index in [2.05, 4.69) is 10.1 Å². The molecule has 0 saturated heterocycles. The molecule has 0 aromatic rings. The standard InChI is InChI=1S/C11H16Cl3NO6/c1-4-20-8(16)6(9(17)21-5-2)7(11(12,13)14)15-10(18)19-3/h6-7H,4-5H2,1-3H3,(H,15,18)/t7-/m0/s1. The molecule has 10 heteroatoms. The number of nitrogens with one attached hydrogen (secondary N) is 1. The van der Waals surface area contributed by atoms with Gasteiger partial charge in [-0.25, -0.2) is 4.79 Å². The van der Waals surface area contributed by atoms with E-state index in [1.54, 1.807) is 0 Å². The van der Waals surface area contributed by atoms with Crippen LogP contribution in [0.3, 0.4) is 0 Å². The molecule has 21 heavy (non-hydrogen) atoms. The number of esters is 2. The predicted octanol–water partition coefficient (Wildman–Crippen LogP) is 1.82. The van der Waals surface area contributed by atoms with Crippen molar-refractivity contribution in [1.82, 2.24) is 5.32 Å². The minimum atomic E-state index is -2.17. The molecule has 0 rings (SSSR count). The van der Waals surface area contributed by atoms with Crippen molar-refractivity contribution in [1.29, 1.82) is 0 Å². The van der Waals surface area contributed by atoms with E-state index in [0.717, 1.165) is 7.11 Å². The third-order valence-corrected chi connectivity index (χ3v) is 2.93. The lowest BCUT2D eigenvalue weighted by molar-refractivity contribution is -0.162. The average Bonchev–Trinajstić information content (AvgIpc) is 2.37. The maximum Gasteiger partial charge on any atom is 0.407 e. The Morgan fingerprint density at radius 2 is 1.48 bits per heavy atom. The summed E-state index contributed by atoms with van der Waals surface area (Å²) >= 11 is 17.2. The molecule has 0 saturated carbocycles. The van der Waals surface area contributed by atoms with E-state index in [1.807, 2.05) is 0 Å². The first kappa shape index (κ1) is 20.1. The van der Waals surface area contributed by atoms with Crippen LogP contribution in [0.15, 0.2) is 0 Å². The molecule has 0 spiro atoms. The van der Waals surface area contributed by atoms with Crippen molar-refractivity contribution in [2.45, 2.75) is 23.7 Å². The van der Waals surface area contributed by atoms with Crippen LogP contribution in [0, 0.1) is 5.92 Å². The Labute approximate surface area is 137 Å². The zero-order valence-electron chi connectivity index (χ0n) is 11.7. The zero-order valence-corrected chi connectivity index (χ0v) is 13.9. The molecular formula is C11H16Cl3NO6. The summed E-state index contributed by atoms with van der Waals surface area (Å²) in [5.41, 5.74) is 0. The van der Waals surface area contributed by atoms with Crippen LogP contribution in [0.5, 0.6) is 0 Å². The normalized spacial score (nSPS) is 12.5. The summed E-state index contributed by atoms with van der Waals surface area (Å²) in [5.74, 6) is -3.61. The Balaban J connectivity index is 5.49. The van der Waals surface area contributed by atoms with Crippen molar-refractivity contribution in [3.63, 3.8) is 0 Å². The van der Waals surface area contributed by atoms with Gasteiger partial charge in [0.2, 0.25) is 3.79 Å². The number of ether oxygens (including phenoxy) is 3. The van der Waals surface area contributed by atoms with Crippen molar-refractivity contribution in [3.05, 3.63) is 0 Å². The largest absolute Gasteiger partial charge is 0.465 e. The second-order valence-corrected chi connectivity index (χ2v) is 6.01. The molecule has 0 aromatic heterocycles. The fourth-order valence-electron chi connectivity index (χ4n) is 1.37. The van der Waals surface area contributed by atoms with Crippen LogP contribution in [0.4, 0.5) is 4.79 Å². The second kappa shape index (κ2) is 9.17. The summed E-state index contributed by atoms with van der Waals surface area (Å²) in [6, 6.07) is -1.52. The summed E-state index contributed by atoms with van der Waals surface area (Å²) in [5, 5.41) is 2.13. The Hall–Kier alpha value is -0.920. The maximum atomic E-state index is 11.9. The summed E-state index contributed by atoms with van der Waals surface area (Å²) in [6.45, 7) is 3.08. The third kappa shape index (κ3) is 6.58. The average molecular weight is 365 g/mol. The fraction of sp³-hybridized carbons (Fsp3) is 0.727. The van der Waals surface area contributed by atoms with Crippen LogP contribution in [-0.2, 0) is 23.8 Å². The quantitative estimate of drug-likeness (QED) is 0.335. The van der Waals surface area contributed by atoms with E-state index in [0.29, 0.717) is 0 Å². The highest BCUT2D eigenvalue weighted by atomic mass is 35.6. The van der Waals surface area contributed by atoms with Gasteiger partial charge in [-0.15, -0.1) is 0 Å². The number of carbonyl (C=O) groups excluding carboxylic acids is 3. The van der Waals surface area contributed by atoms with E-state index in [9.17, 15) is 14.4 Å². The number of hydrogen-bond donors (Lipinski definition) is 1. The maximum absolute atomic E-state index is 11.9. The smallest absolute Gasteiger partial charge is 0.407 e. The van der Waals surface area contributed by atoms with Crippen molar-refractivity contribution in [3.8, 4) is 0 Å². The molecular weight excluding hydrogens is 348 g/mol. The SMILES string of the molecule is CCOC(=O)C(C(=O)OCC)[C@H](NC(=O)OC)C(Cl)(Cl)Cl. The highest BCUT2D eigenvalue weighted by molar-refractivity contribution is 6.68. The molecule has 0 radical (unpaired) electrons. The highest BCUT2D eigenvalue weighted by Crippen LogP contribution is 2.35. The van der Waals surface area contributed by atoms with Gasteiger partial charge in [0.25, 0.3) is 0 Å². The number of halogens is 3. The molecule has 122 valence electrons. The summed E-state index contributed by atoms with van der Waals surface area (Å²) in [7, 11) is 1.08. The number of hydrogen-bond acceptors (Lipinski definition) is 6. The van der Waals surface area contributed by atoms with Crippen molar-refractivity contribution < 1.29 is 28.6 Å². The van der Waals surface area contributed by atoms with Crippen molar-refractivity contribution in [2.24, 2.45) is 5.92 Å². The third-order valence-electron chi connectivity index (χ3n) is 2.23. The molecule has 0 heterocycles. The molecule has 0 aliphatic heterocycles. The Morgan fingerprint density at radius 1 is 1.05 bits per heavy atom. The lowest BCUT2D eigenvalue weighted by atomic mass is 10.0. The van der Waals surface area contributed by atoms with Crippen LogP contribution >= 0.6 is 34.8 Å². The molecule has 1 atom stereocenters. The number of alkyl halides is 3. The van der Waals surface area contributed by atoms with Crippen LogP contribution in [-0.4, -0.2) is 48.2 Å². The fourth-order valence-corrected chi connectivity index (χ4v) is 1.91. The van der Waals surface area contributed by atoms with Crippen molar-refractivity contribution >= 4 is 52.8 Å². The van der Waals surface area contributed by atoms with Gasteiger partial charge in [0.15, 0.2) is 5.92 Å².